The Kier molecular flexibility index (Phi) is 8.00. The molecule has 8 nitrogen and oxygen atoms in total. The first kappa shape index (κ1) is 26.2. The maximum Gasteiger partial charge on any atom is 0.241 e. The van der Waals surface area contributed by atoms with Gasteiger partial charge in [-0.3, -0.25) is 9.59 Å². The standard InChI is InChI=1S/C27H36N4O4S/c1-4-26(32)31-13-12-21-19-23(10-11-25(21)31)36(34,35)28-24(18-20(2)3)27(33)30-16-14-29(15-17-30)22-8-6-5-7-9-22/h5-11,19-20,24,28H,4,12-18H2,1-3H3/t24-/m1/s1. The fraction of sp³-hybridized carbons (Fsp3) is 0.481. The van der Waals surface area contributed by atoms with Gasteiger partial charge in [-0.2, -0.15) is 4.72 Å². The van der Waals surface area contributed by atoms with Gasteiger partial charge < -0.3 is 14.7 Å². The molecule has 0 aliphatic carbocycles. The van der Waals surface area contributed by atoms with Crippen LogP contribution in [0.5, 0.6) is 0 Å². The molecule has 1 N–H and O–H groups in total. The third-order valence-electron chi connectivity index (χ3n) is 6.88. The number of carbonyl (C=O) groups is 2. The van der Waals surface area contributed by atoms with Gasteiger partial charge in [0, 0.05) is 50.5 Å². The summed E-state index contributed by atoms with van der Waals surface area (Å²) in [6.07, 6.45) is 1.44. The minimum absolute atomic E-state index is 0.0254. The van der Waals surface area contributed by atoms with E-state index in [0.717, 1.165) is 16.9 Å². The number of piperazine rings is 1. The second-order valence-electron chi connectivity index (χ2n) is 9.89. The number of fused-ring (bicyclic) bond motifs is 1. The number of hydrogen-bond acceptors (Lipinski definition) is 5. The van der Waals surface area contributed by atoms with Crippen LogP contribution in [-0.2, 0) is 26.0 Å². The molecule has 2 amide bonds. The zero-order valence-electron chi connectivity index (χ0n) is 21.3. The highest BCUT2D eigenvalue weighted by Crippen LogP contribution is 2.31. The van der Waals surface area contributed by atoms with E-state index in [0.29, 0.717) is 52.0 Å². The van der Waals surface area contributed by atoms with Crippen molar-refractivity contribution < 1.29 is 18.0 Å². The lowest BCUT2D eigenvalue weighted by Gasteiger charge is -2.38. The Hall–Kier alpha value is -2.91. The second kappa shape index (κ2) is 11.0. The Morgan fingerprint density at radius 1 is 0.972 bits per heavy atom. The molecular weight excluding hydrogens is 476 g/mol. The molecule has 2 aliphatic rings. The van der Waals surface area contributed by atoms with Gasteiger partial charge in [0.25, 0.3) is 0 Å². The summed E-state index contributed by atoms with van der Waals surface area (Å²) in [6, 6.07) is 14.1. The van der Waals surface area contributed by atoms with Crippen LogP contribution < -0.4 is 14.5 Å². The number of nitrogens with one attached hydrogen (secondary N) is 1. The van der Waals surface area contributed by atoms with Gasteiger partial charge in [-0.15, -0.1) is 0 Å². The summed E-state index contributed by atoms with van der Waals surface area (Å²) in [6.45, 7) is 8.84. The summed E-state index contributed by atoms with van der Waals surface area (Å²) in [5.41, 5.74) is 2.73. The van der Waals surface area contributed by atoms with Crippen LogP contribution in [0.25, 0.3) is 0 Å². The summed E-state index contributed by atoms with van der Waals surface area (Å²) < 4.78 is 29.4. The third-order valence-corrected chi connectivity index (χ3v) is 8.34. The normalized spacial score (nSPS) is 16.8. The Labute approximate surface area is 214 Å². The van der Waals surface area contributed by atoms with Gasteiger partial charge in [-0.05, 0) is 54.7 Å². The fourth-order valence-corrected chi connectivity index (χ4v) is 6.22. The Morgan fingerprint density at radius 3 is 2.31 bits per heavy atom. The summed E-state index contributed by atoms with van der Waals surface area (Å²) in [5.74, 6) is -0.0146. The highest BCUT2D eigenvalue weighted by molar-refractivity contribution is 7.89. The van der Waals surface area contributed by atoms with Crippen LogP contribution in [0.1, 0.15) is 39.2 Å². The number of nitrogens with zero attached hydrogens (tertiary/aromatic N) is 3. The van der Waals surface area contributed by atoms with E-state index >= 15 is 0 Å². The number of carbonyl (C=O) groups excluding carboxylic acids is 2. The van der Waals surface area contributed by atoms with E-state index in [9.17, 15) is 18.0 Å². The summed E-state index contributed by atoms with van der Waals surface area (Å²) in [7, 11) is -3.92. The molecule has 36 heavy (non-hydrogen) atoms. The van der Waals surface area contributed by atoms with Gasteiger partial charge in [-0.25, -0.2) is 8.42 Å². The van der Waals surface area contributed by atoms with E-state index < -0.39 is 16.1 Å². The molecule has 0 unspecified atom stereocenters. The van der Waals surface area contributed by atoms with Crippen LogP contribution in [-0.4, -0.2) is 63.9 Å². The number of benzene rings is 2. The van der Waals surface area contributed by atoms with E-state index in [2.05, 4.69) is 21.8 Å². The molecule has 0 bridgehead atoms. The van der Waals surface area contributed by atoms with Crippen LogP contribution in [0.4, 0.5) is 11.4 Å². The van der Waals surface area contributed by atoms with Crippen molar-refractivity contribution in [3.05, 3.63) is 54.1 Å². The quantitative estimate of drug-likeness (QED) is 0.587. The summed E-state index contributed by atoms with van der Waals surface area (Å²) >= 11 is 0. The molecule has 194 valence electrons. The van der Waals surface area contributed by atoms with Gasteiger partial charge in [0.05, 0.1) is 4.90 Å². The first-order valence-corrected chi connectivity index (χ1v) is 14.2. The zero-order chi connectivity index (χ0) is 25.9. The molecule has 0 aromatic heterocycles. The lowest BCUT2D eigenvalue weighted by atomic mass is 10.0. The largest absolute Gasteiger partial charge is 0.368 e. The van der Waals surface area contributed by atoms with E-state index in [1.54, 1.807) is 21.9 Å². The molecule has 4 rings (SSSR count). The number of anilines is 2. The smallest absolute Gasteiger partial charge is 0.241 e. The van der Waals surface area contributed by atoms with Crippen molar-refractivity contribution >= 4 is 33.2 Å². The monoisotopic (exact) mass is 512 g/mol. The Bertz CT molecular complexity index is 1190. The SMILES string of the molecule is CCC(=O)N1CCc2cc(S(=O)(=O)N[C@H](CC(C)C)C(=O)N3CCN(c4ccccc4)CC3)ccc21. The highest BCUT2D eigenvalue weighted by atomic mass is 32.2. The van der Waals surface area contributed by atoms with Gasteiger partial charge in [0.15, 0.2) is 0 Å². The van der Waals surface area contributed by atoms with E-state index in [1.807, 2.05) is 39.0 Å². The maximum absolute atomic E-state index is 13.5. The lowest BCUT2D eigenvalue weighted by molar-refractivity contribution is -0.133. The molecular formula is C27H36N4O4S. The van der Waals surface area contributed by atoms with Gasteiger partial charge >= 0.3 is 0 Å². The minimum atomic E-state index is -3.92. The van der Waals surface area contributed by atoms with Crippen LogP contribution in [0.3, 0.4) is 0 Å². The van der Waals surface area contributed by atoms with Crippen LogP contribution in [0, 0.1) is 5.92 Å². The molecule has 0 saturated carbocycles. The minimum Gasteiger partial charge on any atom is -0.368 e. The van der Waals surface area contributed by atoms with Gasteiger partial charge in [0.1, 0.15) is 6.04 Å². The second-order valence-corrected chi connectivity index (χ2v) is 11.6. The molecule has 2 aromatic rings. The van der Waals surface area contributed by atoms with E-state index in [4.69, 9.17) is 0 Å². The average Bonchev–Trinajstić information content (AvgIpc) is 3.31. The molecule has 1 fully saturated rings. The van der Waals surface area contributed by atoms with Gasteiger partial charge in [0.2, 0.25) is 21.8 Å². The van der Waals surface area contributed by atoms with Crippen molar-refractivity contribution in [1.82, 2.24) is 9.62 Å². The predicted molar refractivity (Wildman–Crippen MR) is 142 cm³/mol. The van der Waals surface area contributed by atoms with Crippen LogP contribution in [0.2, 0.25) is 0 Å². The molecule has 2 aromatic carbocycles. The average molecular weight is 513 g/mol. The van der Waals surface area contributed by atoms with Crippen molar-refractivity contribution in [3.8, 4) is 0 Å². The summed E-state index contributed by atoms with van der Waals surface area (Å²) in [5, 5.41) is 0. The molecule has 1 saturated heterocycles. The molecule has 2 aliphatic heterocycles. The maximum atomic E-state index is 13.5. The van der Waals surface area contributed by atoms with Crippen molar-refractivity contribution in [1.29, 1.82) is 0 Å². The zero-order valence-corrected chi connectivity index (χ0v) is 22.1. The number of sulfonamides is 1. The fourth-order valence-electron chi connectivity index (χ4n) is 4.97. The first-order chi connectivity index (χ1) is 17.2. The Morgan fingerprint density at radius 2 is 1.67 bits per heavy atom. The van der Waals surface area contributed by atoms with Crippen LogP contribution in [0.15, 0.2) is 53.4 Å². The van der Waals surface area contributed by atoms with Gasteiger partial charge in [-0.1, -0.05) is 39.0 Å². The van der Waals surface area contributed by atoms with Crippen molar-refractivity contribution in [2.75, 3.05) is 42.5 Å². The van der Waals surface area contributed by atoms with Crippen molar-refractivity contribution in [2.45, 2.75) is 51.0 Å². The summed E-state index contributed by atoms with van der Waals surface area (Å²) in [4.78, 5) is 31.5. The van der Waals surface area contributed by atoms with Crippen LogP contribution >= 0.6 is 0 Å². The van der Waals surface area contributed by atoms with Crippen molar-refractivity contribution in [2.24, 2.45) is 5.92 Å². The van der Waals surface area contributed by atoms with Crippen molar-refractivity contribution in [3.63, 3.8) is 0 Å². The predicted octanol–water partition coefficient (Wildman–Crippen LogP) is 3.03. The topological polar surface area (TPSA) is 90.0 Å². The molecule has 9 heteroatoms. The number of rotatable bonds is 8. The highest BCUT2D eigenvalue weighted by Gasteiger charge is 2.33. The molecule has 2 heterocycles. The Balaban J connectivity index is 1.47. The molecule has 0 radical (unpaired) electrons. The first-order valence-electron chi connectivity index (χ1n) is 12.7. The molecule has 1 atom stereocenters. The van der Waals surface area contributed by atoms with E-state index in [1.165, 1.54) is 6.07 Å². The molecule has 0 spiro atoms. The number of amides is 2. The van der Waals surface area contributed by atoms with E-state index in [-0.39, 0.29) is 22.6 Å². The number of para-hydroxylation sites is 1. The third kappa shape index (κ3) is 5.73. The number of hydrogen-bond donors (Lipinski definition) is 1. The lowest BCUT2D eigenvalue weighted by Crippen LogP contribution is -2.55.